The average molecular weight is 529 g/mol. The Bertz CT molecular complexity index is 1350. The van der Waals surface area contributed by atoms with Crippen molar-refractivity contribution in [2.75, 3.05) is 25.1 Å². The maximum Gasteiger partial charge on any atom is 0.265 e. The van der Waals surface area contributed by atoms with E-state index in [9.17, 15) is 17.6 Å². The van der Waals surface area contributed by atoms with Gasteiger partial charge in [-0.3, -0.25) is 9.10 Å². The smallest absolute Gasteiger partial charge is 0.265 e. The summed E-state index contributed by atoms with van der Waals surface area (Å²) in [4.78, 5) is 12.9. The van der Waals surface area contributed by atoms with Crippen molar-refractivity contribution in [3.63, 3.8) is 0 Å². The SMILES string of the molecule is COc1ccc(S(=O)(=O)N(CC(=O)NC(C)c2ccc(C(C)(C)C)cc2)c2ccccc2F)cc1OC. The first-order valence-electron chi connectivity index (χ1n) is 11.8. The lowest BCUT2D eigenvalue weighted by atomic mass is 9.86. The van der Waals surface area contributed by atoms with Crippen molar-refractivity contribution in [1.82, 2.24) is 5.32 Å². The molecule has 0 heterocycles. The summed E-state index contributed by atoms with van der Waals surface area (Å²) >= 11 is 0. The van der Waals surface area contributed by atoms with E-state index < -0.39 is 34.3 Å². The number of nitrogens with zero attached hydrogens (tertiary/aromatic N) is 1. The quantitative estimate of drug-likeness (QED) is 0.412. The van der Waals surface area contributed by atoms with Crippen molar-refractivity contribution < 1.29 is 27.1 Å². The monoisotopic (exact) mass is 528 g/mol. The van der Waals surface area contributed by atoms with E-state index in [0.29, 0.717) is 5.75 Å². The van der Waals surface area contributed by atoms with Crippen LogP contribution in [0.1, 0.15) is 44.9 Å². The molecule has 7 nitrogen and oxygen atoms in total. The van der Waals surface area contributed by atoms with Crippen LogP contribution in [0.4, 0.5) is 10.1 Å². The lowest BCUT2D eigenvalue weighted by Gasteiger charge is -2.26. The molecule has 0 aliphatic carbocycles. The third-order valence-corrected chi connectivity index (χ3v) is 7.76. The summed E-state index contributed by atoms with van der Waals surface area (Å²) in [5, 5.41) is 2.83. The van der Waals surface area contributed by atoms with Crippen molar-refractivity contribution in [2.24, 2.45) is 0 Å². The molecular formula is C28H33FN2O5S. The highest BCUT2D eigenvalue weighted by Crippen LogP contribution is 2.33. The van der Waals surface area contributed by atoms with E-state index in [2.05, 4.69) is 26.1 Å². The molecule has 1 unspecified atom stereocenters. The van der Waals surface area contributed by atoms with Crippen molar-refractivity contribution >= 4 is 21.6 Å². The molecule has 0 saturated heterocycles. The van der Waals surface area contributed by atoms with Gasteiger partial charge in [0.15, 0.2) is 11.5 Å². The Labute approximate surface area is 218 Å². The third kappa shape index (κ3) is 6.40. The highest BCUT2D eigenvalue weighted by Gasteiger charge is 2.30. The number of hydrogen-bond acceptors (Lipinski definition) is 5. The second kappa shape index (κ2) is 11.2. The number of amides is 1. The molecule has 0 radical (unpaired) electrons. The molecular weight excluding hydrogens is 495 g/mol. The number of rotatable bonds is 9. The molecule has 37 heavy (non-hydrogen) atoms. The molecule has 198 valence electrons. The number of carbonyl (C=O) groups is 1. The summed E-state index contributed by atoms with van der Waals surface area (Å²) in [7, 11) is -1.54. The summed E-state index contributed by atoms with van der Waals surface area (Å²) in [6.07, 6.45) is 0. The van der Waals surface area contributed by atoms with E-state index in [-0.39, 0.29) is 21.7 Å². The van der Waals surface area contributed by atoms with Gasteiger partial charge in [-0.05, 0) is 47.7 Å². The first-order chi connectivity index (χ1) is 17.4. The van der Waals surface area contributed by atoms with Gasteiger partial charge in [0.2, 0.25) is 5.91 Å². The minimum atomic E-state index is -4.35. The molecule has 9 heteroatoms. The van der Waals surface area contributed by atoms with Gasteiger partial charge in [-0.25, -0.2) is 12.8 Å². The molecule has 3 aromatic rings. The van der Waals surface area contributed by atoms with Crippen LogP contribution in [0.2, 0.25) is 0 Å². The van der Waals surface area contributed by atoms with Gasteiger partial charge in [0, 0.05) is 6.07 Å². The van der Waals surface area contributed by atoms with Gasteiger partial charge in [-0.15, -0.1) is 0 Å². The Hall–Kier alpha value is -3.59. The van der Waals surface area contributed by atoms with Gasteiger partial charge in [0.25, 0.3) is 10.0 Å². The summed E-state index contributed by atoms with van der Waals surface area (Å²) in [6, 6.07) is 16.9. The topological polar surface area (TPSA) is 84.9 Å². The van der Waals surface area contributed by atoms with E-state index in [1.54, 1.807) is 6.92 Å². The first-order valence-corrected chi connectivity index (χ1v) is 13.2. The van der Waals surface area contributed by atoms with Crippen LogP contribution in [0, 0.1) is 5.82 Å². The second-order valence-electron chi connectivity index (χ2n) is 9.64. The fourth-order valence-electron chi connectivity index (χ4n) is 3.83. The number of nitrogens with one attached hydrogen (secondary N) is 1. The predicted octanol–water partition coefficient (Wildman–Crippen LogP) is 5.21. The van der Waals surface area contributed by atoms with E-state index in [1.165, 1.54) is 50.6 Å². The fraction of sp³-hybridized carbons (Fsp3) is 0.321. The Morgan fingerprint density at radius 2 is 1.59 bits per heavy atom. The zero-order chi connectivity index (χ0) is 27.4. The maximum absolute atomic E-state index is 14.8. The normalized spacial score (nSPS) is 12.5. The van der Waals surface area contributed by atoms with Crippen LogP contribution in [0.3, 0.4) is 0 Å². The van der Waals surface area contributed by atoms with Crippen LogP contribution in [0.15, 0.2) is 71.6 Å². The van der Waals surface area contributed by atoms with Crippen LogP contribution in [-0.4, -0.2) is 35.1 Å². The van der Waals surface area contributed by atoms with E-state index in [0.717, 1.165) is 21.5 Å². The molecule has 0 saturated carbocycles. The molecule has 3 rings (SSSR count). The van der Waals surface area contributed by atoms with Crippen LogP contribution < -0.4 is 19.1 Å². The summed E-state index contributed by atoms with van der Waals surface area (Å²) in [5.74, 6) is -0.832. The van der Waals surface area contributed by atoms with Gasteiger partial charge < -0.3 is 14.8 Å². The highest BCUT2D eigenvalue weighted by molar-refractivity contribution is 7.92. The Morgan fingerprint density at radius 3 is 2.16 bits per heavy atom. The number of ether oxygens (including phenoxy) is 2. The third-order valence-electron chi connectivity index (χ3n) is 6.01. The van der Waals surface area contributed by atoms with E-state index >= 15 is 0 Å². The Morgan fingerprint density at radius 1 is 0.973 bits per heavy atom. The average Bonchev–Trinajstić information content (AvgIpc) is 2.86. The second-order valence-corrected chi connectivity index (χ2v) is 11.5. The van der Waals surface area contributed by atoms with Gasteiger partial charge in [-0.2, -0.15) is 0 Å². The zero-order valence-corrected chi connectivity index (χ0v) is 22.7. The number of benzene rings is 3. The number of carbonyl (C=O) groups excluding carboxylic acids is 1. The minimum Gasteiger partial charge on any atom is -0.493 e. The van der Waals surface area contributed by atoms with Gasteiger partial charge in [0.05, 0.1) is 30.8 Å². The summed E-state index contributed by atoms with van der Waals surface area (Å²) in [6.45, 7) is 7.53. The predicted molar refractivity (Wildman–Crippen MR) is 142 cm³/mol. The number of hydrogen-bond donors (Lipinski definition) is 1. The number of halogens is 1. The highest BCUT2D eigenvalue weighted by atomic mass is 32.2. The van der Waals surface area contributed by atoms with Gasteiger partial charge in [0.1, 0.15) is 12.4 Å². The molecule has 1 N–H and O–H groups in total. The standard InChI is InChI=1S/C28H33FN2O5S/c1-19(20-11-13-21(14-12-20)28(2,3)4)30-27(32)18-31(24-10-8-7-9-23(24)29)37(33,34)22-15-16-25(35-5)26(17-22)36-6/h7-17,19H,18H2,1-6H3,(H,30,32). The van der Waals surface area contributed by atoms with Crippen LogP contribution >= 0.6 is 0 Å². The van der Waals surface area contributed by atoms with Crippen molar-refractivity contribution in [3.05, 3.63) is 83.7 Å². The molecule has 0 aliphatic heterocycles. The zero-order valence-electron chi connectivity index (χ0n) is 21.9. The molecule has 0 bridgehead atoms. The molecule has 0 spiro atoms. The summed E-state index contributed by atoms with van der Waals surface area (Å²) < 4.78 is 53.3. The lowest BCUT2D eigenvalue weighted by molar-refractivity contribution is -0.120. The molecule has 3 aromatic carbocycles. The van der Waals surface area contributed by atoms with Crippen LogP contribution in [0.25, 0.3) is 0 Å². The fourth-order valence-corrected chi connectivity index (χ4v) is 5.28. The van der Waals surface area contributed by atoms with Crippen LogP contribution in [0.5, 0.6) is 11.5 Å². The number of anilines is 1. The van der Waals surface area contributed by atoms with Gasteiger partial charge in [-0.1, -0.05) is 57.2 Å². The number of sulfonamides is 1. The van der Waals surface area contributed by atoms with Crippen molar-refractivity contribution in [1.29, 1.82) is 0 Å². The lowest BCUT2D eigenvalue weighted by Crippen LogP contribution is -2.42. The van der Waals surface area contributed by atoms with Gasteiger partial charge >= 0.3 is 0 Å². The number of methoxy groups -OCH3 is 2. The minimum absolute atomic E-state index is 0.0101. The summed E-state index contributed by atoms with van der Waals surface area (Å²) in [5.41, 5.74) is 1.77. The molecule has 1 atom stereocenters. The first kappa shape index (κ1) is 28.0. The molecule has 0 aliphatic rings. The van der Waals surface area contributed by atoms with E-state index in [4.69, 9.17) is 9.47 Å². The molecule has 0 fully saturated rings. The Balaban J connectivity index is 1.91. The Kier molecular flexibility index (Phi) is 8.48. The largest absolute Gasteiger partial charge is 0.493 e. The molecule has 0 aromatic heterocycles. The van der Waals surface area contributed by atoms with Crippen LogP contribution in [-0.2, 0) is 20.2 Å². The van der Waals surface area contributed by atoms with Crippen molar-refractivity contribution in [3.8, 4) is 11.5 Å². The van der Waals surface area contributed by atoms with E-state index in [1.807, 2.05) is 24.3 Å². The molecule has 1 amide bonds. The van der Waals surface area contributed by atoms with Crippen molar-refractivity contribution in [2.45, 2.75) is 44.0 Å². The maximum atomic E-state index is 14.8. The number of para-hydroxylation sites is 1.